The first-order valence-electron chi connectivity index (χ1n) is 11.0. The van der Waals surface area contributed by atoms with Gasteiger partial charge in [-0.25, -0.2) is 0 Å². The fraction of sp³-hybridized carbons (Fsp3) is 0.727. The van der Waals surface area contributed by atoms with Crippen LogP contribution in [0.25, 0.3) is 0 Å². The zero-order valence-corrected chi connectivity index (χ0v) is 19.2. The molecule has 31 heavy (non-hydrogen) atoms. The average molecular weight is 433 g/mol. The summed E-state index contributed by atoms with van der Waals surface area (Å²) in [5.74, 6) is -1.39. The van der Waals surface area contributed by atoms with Crippen molar-refractivity contribution in [3.8, 4) is 0 Å². The minimum absolute atomic E-state index is 0.260. The summed E-state index contributed by atoms with van der Waals surface area (Å²) in [6.07, 6.45) is 2.40. The Morgan fingerprint density at radius 3 is 1.42 bits per heavy atom. The quantitative estimate of drug-likeness (QED) is 0.580. The SMILES string of the molecule is CCC(C)(C)C(=O)C(=O)N1CCC1c1nnc([C@@H]2CCN2C(=O)C(=O)C(C)(C)CC)o1. The normalized spacial score (nSPS) is 21.4. The topological polar surface area (TPSA) is 114 Å². The number of nitrogens with zero attached hydrogens (tertiary/aromatic N) is 4. The van der Waals surface area contributed by atoms with E-state index in [0.717, 1.165) is 0 Å². The van der Waals surface area contributed by atoms with Crippen molar-refractivity contribution >= 4 is 23.4 Å². The van der Waals surface area contributed by atoms with Crippen LogP contribution >= 0.6 is 0 Å². The molecule has 0 aromatic carbocycles. The predicted octanol–water partition coefficient (Wildman–Crippen LogP) is 2.63. The number of amides is 2. The van der Waals surface area contributed by atoms with Gasteiger partial charge in [0.15, 0.2) is 0 Å². The van der Waals surface area contributed by atoms with Crippen LogP contribution in [0.2, 0.25) is 0 Å². The number of hydrogen-bond acceptors (Lipinski definition) is 7. The molecule has 0 spiro atoms. The molecule has 0 saturated carbocycles. The molecule has 1 aromatic rings. The van der Waals surface area contributed by atoms with E-state index in [1.807, 2.05) is 13.8 Å². The van der Waals surface area contributed by atoms with Crippen molar-refractivity contribution in [3.63, 3.8) is 0 Å². The van der Waals surface area contributed by atoms with E-state index >= 15 is 0 Å². The second-order valence-electron chi connectivity index (χ2n) is 9.72. The van der Waals surface area contributed by atoms with Gasteiger partial charge in [-0.1, -0.05) is 41.5 Å². The van der Waals surface area contributed by atoms with Crippen molar-refractivity contribution in [1.82, 2.24) is 20.0 Å². The molecule has 170 valence electrons. The molecule has 1 aromatic heterocycles. The molecule has 2 aliphatic rings. The molecule has 1 unspecified atom stereocenters. The molecule has 2 atom stereocenters. The van der Waals surface area contributed by atoms with Gasteiger partial charge in [0.05, 0.1) is 0 Å². The maximum Gasteiger partial charge on any atom is 0.291 e. The lowest BCUT2D eigenvalue weighted by Gasteiger charge is -2.40. The highest BCUT2D eigenvalue weighted by Crippen LogP contribution is 2.38. The third-order valence-corrected chi connectivity index (χ3v) is 6.97. The Hall–Kier alpha value is -2.58. The zero-order valence-electron chi connectivity index (χ0n) is 19.2. The summed E-state index contributed by atoms with van der Waals surface area (Å²) in [5.41, 5.74) is -1.44. The minimum atomic E-state index is -0.719. The minimum Gasteiger partial charge on any atom is -0.421 e. The first kappa shape index (κ1) is 23.1. The Kier molecular flexibility index (Phi) is 6.08. The zero-order chi connectivity index (χ0) is 23.1. The lowest BCUT2D eigenvalue weighted by atomic mass is 9.83. The maximum absolute atomic E-state index is 12.7. The van der Waals surface area contributed by atoms with Crippen LogP contribution in [0.15, 0.2) is 4.42 Å². The van der Waals surface area contributed by atoms with Gasteiger partial charge in [-0.15, -0.1) is 10.2 Å². The van der Waals surface area contributed by atoms with Crippen molar-refractivity contribution < 1.29 is 23.6 Å². The van der Waals surface area contributed by atoms with Gasteiger partial charge in [0.1, 0.15) is 12.1 Å². The monoisotopic (exact) mass is 432 g/mol. The highest BCUT2D eigenvalue weighted by atomic mass is 16.4. The number of aromatic nitrogens is 2. The van der Waals surface area contributed by atoms with E-state index in [2.05, 4.69) is 10.2 Å². The van der Waals surface area contributed by atoms with Gasteiger partial charge in [0, 0.05) is 23.9 Å². The maximum atomic E-state index is 12.7. The van der Waals surface area contributed by atoms with Gasteiger partial charge in [-0.05, 0) is 25.7 Å². The van der Waals surface area contributed by atoms with Crippen LogP contribution in [0, 0.1) is 10.8 Å². The molecule has 2 saturated heterocycles. The second kappa shape index (κ2) is 8.16. The van der Waals surface area contributed by atoms with E-state index in [9.17, 15) is 19.2 Å². The third-order valence-electron chi connectivity index (χ3n) is 6.97. The summed E-state index contributed by atoms with van der Waals surface area (Å²) >= 11 is 0. The van der Waals surface area contributed by atoms with Crippen LogP contribution in [-0.2, 0) is 19.2 Å². The lowest BCUT2D eigenvalue weighted by molar-refractivity contribution is -0.155. The molecule has 0 radical (unpaired) electrons. The van der Waals surface area contributed by atoms with Crippen LogP contribution in [0.4, 0.5) is 0 Å². The van der Waals surface area contributed by atoms with Crippen molar-refractivity contribution in [2.45, 2.75) is 79.3 Å². The summed E-state index contributed by atoms with van der Waals surface area (Å²) in [5, 5.41) is 8.15. The largest absolute Gasteiger partial charge is 0.421 e. The summed E-state index contributed by atoms with van der Waals surface area (Å²) in [6.45, 7) is 11.7. The van der Waals surface area contributed by atoms with Crippen molar-refractivity contribution in [1.29, 1.82) is 0 Å². The number of ketones is 2. The van der Waals surface area contributed by atoms with Gasteiger partial charge in [-0.3, -0.25) is 19.2 Å². The van der Waals surface area contributed by atoms with Gasteiger partial charge in [-0.2, -0.15) is 0 Å². The average Bonchev–Trinajstić information content (AvgIpc) is 3.12. The molecule has 0 bridgehead atoms. The Balaban J connectivity index is 1.69. The molecule has 0 aliphatic carbocycles. The van der Waals surface area contributed by atoms with Gasteiger partial charge in [0.2, 0.25) is 23.3 Å². The first-order valence-corrected chi connectivity index (χ1v) is 11.0. The number of carbonyl (C=O) groups excluding carboxylic acids is 4. The summed E-state index contributed by atoms with van der Waals surface area (Å²) < 4.78 is 5.80. The molecule has 0 N–H and O–H groups in total. The molecular weight excluding hydrogens is 400 g/mol. The van der Waals surface area contributed by atoms with Gasteiger partial charge in [0.25, 0.3) is 11.8 Å². The number of carbonyl (C=O) groups is 4. The van der Waals surface area contributed by atoms with E-state index < -0.39 is 46.3 Å². The van der Waals surface area contributed by atoms with Crippen molar-refractivity contribution in [2.75, 3.05) is 13.1 Å². The lowest BCUT2D eigenvalue weighted by Crippen LogP contribution is -2.51. The van der Waals surface area contributed by atoms with E-state index in [1.54, 1.807) is 27.7 Å². The molecule has 9 nitrogen and oxygen atoms in total. The van der Waals surface area contributed by atoms with Crippen LogP contribution in [0.1, 0.15) is 91.1 Å². The summed E-state index contributed by atoms with van der Waals surface area (Å²) in [6, 6.07) is -0.870. The molecule has 2 amide bonds. The third kappa shape index (κ3) is 4.02. The fourth-order valence-corrected chi connectivity index (χ4v) is 3.45. The van der Waals surface area contributed by atoms with Gasteiger partial charge >= 0.3 is 0 Å². The molecule has 3 rings (SSSR count). The van der Waals surface area contributed by atoms with E-state index in [1.165, 1.54) is 9.80 Å². The van der Waals surface area contributed by atoms with Crippen LogP contribution < -0.4 is 0 Å². The smallest absolute Gasteiger partial charge is 0.291 e. The van der Waals surface area contributed by atoms with Crippen LogP contribution in [-0.4, -0.2) is 56.5 Å². The molecule has 3 heterocycles. The second-order valence-corrected chi connectivity index (χ2v) is 9.72. The molecular formula is C22H32N4O5. The first-order chi connectivity index (χ1) is 14.4. The van der Waals surface area contributed by atoms with Gasteiger partial charge < -0.3 is 14.2 Å². The number of rotatable bonds is 8. The predicted molar refractivity (Wildman–Crippen MR) is 111 cm³/mol. The highest BCUT2D eigenvalue weighted by molar-refractivity contribution is 6.38. The van der Waals surface area contributed by atoms with Crippen molar-refractivity contribution in [2.24, 2.45) is 10.8 Å². The van der Waals surface area contributed by atoms with Crippen molar-refractivity contribution in [3.05, 3.63) is 11.8 Å². The van der Waals surface area contributed by atoms with Crippen LogP contribution in [0.5, 0.6) is 0 Å². The highest BCUT2D eigenvalue weighted by Gasteiger charge is 2.46. The number of Topliss-reactive ketones (excluding diaryl/α,β-unsaturated/α-hetero) is 2. The Bertz CT molecular complexity index is 833. The molecule has 9 heteroatoms. The van der Waals surface area contributed by atoms with E-state index in [-0.39, 0.29) is 11.8 Å². The Morgan fingerprint density at radius 1 is 0.806 bits per heavy atom. The van der Waals surface area contributed by atoms with E-state index in [0.29, 0.717) is 38.8 Å². The standard InChI is InChI=1S/C22H32N4O5/c1-7-21(3,4)15(27)19(29)25-11-9-13(25)17-23-24-18(31-17)14-10-12-26(14)20(30)16(28)22(5,6)8-2/h13-14H,7-12H2,1-6H3/t13-,14?/m0/s1. The molecule has 2 aliphatic heterocycles. The van der Waals surface area contributed by atoms with Crippen LogP contribution in [0.3, 0.4) is 0 Å². The Morgan fingerprint density at radius 2 is 1.16 bits per heavy atom. The number of likely N-dealkylation sites (tertiary alicyclic amines) is 2. The summed E-state index contributed by atoms with van der Waals surface area (Å²) in [4.78, 5) is 53.3. The molecule has 2 fully saturated rings. The Labute approximate surface area is 182 Å². The fourth-order valence-electron chi connectivity index (χ4n) is 3.45. The summed E-state index contributed by atoms with van der Waals surface area (Å²) in [7, 11) is 0. The number of hydrogen-bond donors (Lipinski definition) is 0. The van der Waals surface area contributed by atoms with E-state index in [4.69, 9.17) is 4.42 Å².